The molecule has 1 fully saturated rings. The van der Waals surface area contributed by atoms with Gasteiger partial charge >= 0.3 is 11.9 Å². The second kappa shape index (κ2) is 5.12. The summed E-state index contributed by atoms with van der Waals surface area (Å²) in [5, 5.41) is 18.8. The minimum atomic E-state index is -2.07. The van der Waals surface area contributed by atoms with Crippen molar-refractivity contribution >= 4 is 11.9 Å². The lowest BCUT2D eigenvalue weighted by Crippen LogP contribution is -2.34. The van der Waals surface area contributed by atoms with Gasteiger partial charge in [-0.25, -0.2) is 4.39 Å². The van der Waals surface area contributed by atoms with E-state index in [1.165, 1.54) is 12.1 Å². The Morgan fingerprint density at radius 3 is 1.91 bits per heavy atom. The molecule has 1 aromatic rings. The first-order valence-electron chi connectivity index (χ1n) is 6.21. The quantitative estimate of drug-likeness (QED) is 0.616. The first-order valence-corrected chi connectivity index (χ1v) is 6.21. The highest BCUT2D eigenvalue weighted by Crippen LogP contribution is 2.74. The molecule has 1 unspecified atom stereocenters. The SMILES string of the molecule is COC(=O)C1(C(=O)OC)C(c2ccc(F)cc2)C1(C#N)C#N. The maximum absolute atomic E-state index is 13.1. The number of nitrogens with zero attached hydrogens (tertiary/aromatic N) is 2. The second-order valence-electron chi connectivity index (χ2n) is 4.81. The number of carbonyl (C=O) groups excluding carboxylic acids is 2. The molecule has 7 heteroatoms. The van der Waals surface area contributed by atoms with Gasteiger partial charge in [0, 0.05) is 5.92 Å². The third-order valence-corrected chi connectivity index (χ3v) is 3.98. The van der Waals surface area contributed by atoms with E-state index in [1.807, 2.05) is 0 Å². The van der Waals surface area contributed by atoms with E-state index in [9.17, 15) is 24.5 Å². The van der Waals surface area contributed by atoms with Crippen LogP contribution in [0.4, 0.5) is 4.39 Å². The Hall–Kier alpha value is -2.93. The molecular formula is C15H11FN2O4. The number of hydrogen-bond acceptors (Lipinski definition) is 6. The van der Waals surface area contributed by atoms with Gasteiger partial charge in [-0.3, -0.25) is 9.59 Å². The highest BCUT2D eigenvalue weighted by Gasteiger charge is 2.89. The molecule has 0 aliphatic heterocycles. The Kier molecular flexibility index (Phi) is 3.60. The fourth-order valence-corrected chi connectivity index (χ4v) is 2.92. The van der Waals surface area contributed by atoms with Crippen molar-refractivity contribution in [2.24, 2.45) is 10.8 Å². The van der Waals surface area contributed by atoms with E-state index in [1.54, 1.807) is 12.1 Å². The third-order valence-electron chi connectivity index (χ3n) is 3.98. The van der Waals surface area contributed by atoms with Crippen LogP contribution in [0.3, 0.4) is 0 Å². The van der Waals surface area contributed by atoms with E-state index in [0.717, 1.165) is 26.4 Å². The lowest BCUT2D eigenvalue weighted by molar-refractivity contribution is -0.162. The zero-order valence-corrected chi connectivity index (χ0v) is 11.8. The molecule has 2 rings (SSSR count). The van der Waals surface area contributed by atoms with E-state index in [0.29, 0.717) is 5.56 Å². The van der Waals surface area contributed by atoms with Crippen LogP contribution in [0.2, 0.25) is 0 Å². The highest BCUT2D eigenvalue weighted by atomic mass is 19.1. The molecule has 0 saturated heterocycles. The van der Waals surface area contributed by atoms with Crippen LogP contribution >= 0.6 is 0 Å². The molecular weight excluding hydrogens is 291 g/mol. The monoisotopic (exact) mass is 302 g/mol. The van der Waals surface area contributed by atoms with Crippen molar-refractivity contribution in [1.29, 1.82) is 10.5 Å². The van der Waals surface area contributed by atoms with Crippen LogP contribution in [0.5, 0.6) is 0 Å². The summed E-state index contributed by atoms with van der Waals surface area (Å²) >= 11 is 0. The first-order chi connectivity index (χ1) is 10.5. The standard InChI is InChI=1S/C15H11FN2O4/c1-21-12(19)15(13(20)22-2)11(14(15,7-17)8-18)9-3-5-10(16)6-4-9/h3-6,11H,1-2H3. The van der Waals surface area contributed by atoms with Crippen molar-refractivity contribution in [1.82, 2.24) is 0 Å². The fourth-order valence-electron chi connectivity index (χ4n) is 2.92. The van der Waals surface area contributed by atoms with Crippen molar-refractivity contribution in [3.05, 3.63) is 35.6 Å². The van der Waals surface area contributed by atoms with Crippen molar-refractivity contribution in [3.8, 4) is 12.1 Å². The van der Waals surface area contributed by atoms with Gasteiger partial charge in [0.1, 0.15) is 5.82 Å². The molecule has 1 aliphatic carbocycles. The Morgan fingerprint density at radius 2 is 1.55 bits per heavy atom. The molecule has 1 aliphatic rings. The van der Waals surface area contributed by atoms with Crippen LogP contribution < -0.4 is 0 Å². The molecule has 0 heterocycles. The van der Waals surface area contributed by atoms with E-state index in [-0.39, 0.29) is 0 Å². The van der Waals surface area contributed by atoms with Gasteiger partial charge in [-0.15, -0.1) is 0 Å². The van der Waals surface area contributed by atoms with Gasteiger partial charge in [0.2, 0.25) is 5.41 Å². The average Bonchev–Trinajstić information content (AvgIpc) is 3.18. The van der Waals surface area contributed by atoms with Crippen LogP contribution in [0.15, 0.2) is 24.3 Å². The van der Waals surface area contributed by atoms with Crippen LogP contribution in [0.1, 0.15) is 11.5 Å². The fraction of sp³-hybridized carbons (Fsp3) is 0.333. The van der Waals surface area contributed by atoms with Crippen LogP contribution in [-0.4, -0.2) is 26.2 Å². The Morgan fingerprint density at radius 1 is 1.09 bits per heavy atom. The molecule has 0 amide bonds. The number of nitriles is 2. The minimum absolute atomic E-state index is 0.306. The summed E-state index contributed by atoms with van der Waals surface area (Å²) in [6.07, 6.45) is 0. The molecule has 112 valence electrons. The van der Waals surface area contributed by atoms with Gasteiger partial charge in [0.25, 0.3) is 0 Å². The predicted molar refractivity (Wildman–Crippen MR) is 69.3 cm³/mol. The van der Waals surface area contributed by atoms with Crippen molar-refractivity contribution in [2.75, 3.05) is 14.2 Å². The number of hydrogen-bond donors (Lipinski definition) is 0. The summed E-state index contributed by atoms with van der Waals surface area (Å²) < 4.78 is 22.3. The second-order valence-corrected chi connectivity index (χ2v) is 4.81. The van der Waals surface area contributed by atoms with Gasteiger partial charge in [0.15, 0.2) is 5.41 Å². The summed E-state index contributed by atoms with van der Waals surface area (Å²) in [5.41, 5.74) is -3.72. The van der Waals surface area contributed by atoms with Gasteiger partial charge in [-0.1, -0.05) is 12.1 Å². The zero-order chi connectivity index (χ0) is 16.5. The van der Waals surface area contributed by atoms with Crippen molar-refractivity contribution in [3.63, 3.8) is 0 Å². The number of ether oxygens (including phenoxy) is 2. The lowest BCUT2D eigenvalue weighted by atomic mass is 9.95. The molecule has 0 radical (unpaired) electrons. The molecule has 0 bridgehead atoms. The number of esters is 2. The van der Waals surface area contributed by atoms with Crippen molar-refractivity contribution < 1.29 is 23.5 Å². The minimum Gasteiger partial charge on any atom is -0.468 e. The number of methoxy groups -OCH3 is 2. The van der Waals surface area contributed by atoms with Gasteiger partial charge in [-0.05, 0) is 17.7 Å². The van der Waals surface area contributed by atoms with Crippen molar-refractivity contribution in [2.45, 2.75) is 5.92 Å². The summed E-state index contributed by atoms with van der Waals surface area (Å²) in [4.78, 5) is 24.4. The zero-order valence-electron chi connectivity index (χ0n) is 11.8. The molecule has 0 aromatic heterocycles. The van der Waals surface area contributed by atoms with E-state index in [4.69, 9.17) is 0 Å². The topological polar surface area (TPSA) is 100 Å². The number of rotatable bonds is 3. The number of halogens is 1. The average molecular weight is 302 g/mol. The molecule has 1 aromatic carbocycles. The van der Waals surface area contributed by atoms with Crippen LogP contribution in [0, 0.1) is 39.3 Å². The molecule has 1 saturated carbocycles. The molecule has 0 spiro atoms. The van der Waals surface area contributed by atoms with E-state index < -0.39 is 34.5 Å². The van der Waals surface area contributed by atoms with E-state index >= 15 is 0 Å². The Bertz CT molecular complexity index is 685. The number of carbonyl (C=O) groups is 2. The predicted octanol–water partition coefficient (Wildman–Crippen LogP) is 1.29. The molecule has 22 heavy (non-hydrogen) atoms. The largest absolute Gasteiger partial charge is 0.468 e. The molecule has 0 N–H and O–H groups in total. The summed E-state index contributed by atoms with van der Waals surface area (Å²) in [5.74, 6) is -3.67. The van der Waals surface area contributed by atoms with Gasteiger partial charge in [0.05, 0.1) is 26.4 Å². The third kappa shape index (κ3) is 1.63. The van der Waals surface area contributed by atoms with Gasteiger partial charge < -0.3 is 9.47 Å². The highest BCUT2D eigenvalue weighted by molar-refractivity contribution is 6.09. The maximum Gasteiger partial charge on any atom is 0.326 e. The number of benzene rings is 1. The smallest absolute Gasteiger partial charge is 0.326 e. The normalized spacial score (nSPS) is 20.1. The van der Waals surface area contributed by atoms with Crippen LogP contribution in [0.25, 0.3) is 0 Å². The van der Waals surface area contributed by atoms with E-state index in [2.05, 4.69) is 9.47 Å². The lowest BCUT2D eigenvalue weighted by Gasteiger charge is -2.12. The maximum atomic E-state index is 13.1. The first kappa shape index (κ1) is 15.5. The summed E-state index contributed by atoms with van der Waals surface area (Å²) in [6.45, 7) is 0. The molecule has 6 nitrogen and oxygen atoms in total. The van der Waals surface area contributed by atoms with Crippen LogP contribution in [-0.2, 0) is 19.1 Å². The molecule has 1 atom stereocenters. The summed E-state index contributed by atoms with van der Waals surface area (Å²) in [6, 6.07) is 8.33. The Labute approximate surface area is 125 Å². The summed E-state index contributed by atoms with van der Waals surface area (Å²) in [7, 11) is 2.10. The Balaban J connectivity index is 2.68. The van der Waals surface area contributed by atoms with Gasteiger partial charge in [-0.2, -0.15) is 10.5 Å².